The Morgan fingerprint density at radius 1 is 1.32 bits per heavy atom. The van der Waals surface area contributed by atoms with Crippen molar-refractivity contribution in [3.05, 3.63) is 53.9 Å². The monoisotopic (exact) mass is 301 g/mol. The second kappa shape index (κ2) is 6.75. The number of amides is 1. The summed E-state index contributed by atoms with van der Waals surface area (Å²) in [7, 11) is 0. The van der Waals surface area contributed by atoms with E-state index in [4.69, 9.17) is 0 Å². The summed E-state index contributed by atoms with van der Waals surface area (Å²) in [6.45, 7) is 6.82. The highest BCUT2D eigenvalue weighted by atomic mass is 16.3. The zero-order valence-electron chi connectivity index (χ0n) is 13.4. The molecule has 1 N–H and O–H groups in total. The molecule has 0 spiro atoms. The molecule has 0 unspecified atom stereocenters. The number of hydrogen-bond acceptors (Lipinski definition) is 3. The molecule has 0 bridgehead atoms. The lowest BCUT2D eigenvalue weighted by Crippen LogP contribution is -2.41. The SMILES string of the molecule is CCn1cc(C(=O)N(Cc2ccccc2)CC(C)(C)O)cn1. The molecule has 118 valence electrons. The van der Waals surface area contributed by atoms with Crippen LogP contribution in [0.15, 0.2) is 42.7 Å². The molecular weight excluding hydrogens is 278 g/mol. The number of nitrogens with zero attached hydrogens (tertiary/aromatic N) is 3. The molecule has 1 heterocycles. The topological polar surface area (TPSA) is 58.4 Å². The van der Waals surface area contributed by atoms with Crippen LogP contribution in [-0.2, 0) is 13.1 Å². The first-order chi connectivity index (χ1) is 10.4. The van der Waals surface area contributed by atoms with Gasteiger partial charge in [-0.1, -0.05) is 30.3 Å². The summed E-state index contributed by atoms with van der Waals surface area (Å²) in [5, 5.41) is 14.2. The van der Waals surface area contributed by atoms with Gasteiger partial charge >= 0.3 is 0 Å². The van der Waals surface area contributed by atoms with Gasteiger partial charge in [0.15, 0.2) is 0 Å². The third kappa shape index (κ3) is 4.43. The first-order valence-corrected chi connectivity index (χ1v) is 7.47. The Hall–Kier alpha value is -2.14. The maximum Gasteiger partial charge on any atom is 0.257 e. The number of aromatic nitrogens is 2. The normalized spacial score (nSPS) is 11.5. The van der Waals surface area contributed by atoms with Gasteiger partial charge in [-0.15, -0.1) is 0 Å². The van der Waals surface area contributed by atoms with E-state index >= 15 is 0 Å². The van der Waals surface area contributed by atoms with Crippen molar-refractivity contribution in [2.75, 3.05) is 6.54 Å². The summed E-state index contributed by atoms with van der Waals surface area (Å²) in [5.74, 6) is -0.120. The van der Waals surface area contributed by atoms with Gasteiger partial charge in [0.25, 0.3) is 5.91 Å². The molecule has 2 aromatic rings. The van der Waals surface area contributed by atoms with Gasteiger partial charge in [0.2, 0.25) is 0 Å². The number of aryl methyl sites for hydroxylation is 1. The number of hydrogen-bond donors (Lipinski definition) is 1. The molecule has 1 aromatic heterocycles. The third-order valence-corrected chi connectivity index (χ3v) is 3.29. The van der Waals surface area contributed by atoms with Crippen molar-refractivity contribution in [2.24, 2.45) is 0 Å². The van der Waals surface area contributed by atoms with Crippen molar-refractivity contribution < 1.29 is 9.90 Å². The zero-order valence-corrected chi connectivity index (χ0v) is 13.4. The Morgan fingerprint density at radius 3 is 2.55 bits per heavy atom. The molecule has 0 fully saturated rings. The lowest BCUT2D eigenvalue weighted by atomic mass is 10.1. The highest BCUT2D eigenvalue weighted by Gasteiger charge is 2.24. The lowest BCUT2D eigenvalue weighted by Gasteiger charge is -2.29. The van der Waals surface area contributed by atoms with Crippen LogP contribution in [0.1, 0.15) is 36.7 Å². The van der Waals surface area contributed by atoms with Crippen molar-refractivity contribution in [3.63, 3.8) is 0 Å². The Labute approximate surface area is 131 Å². The predicted molar refractivity (Wildman–Crippen MR) is 85.4 cm³/mol. The largest absolute Gasteiger partial charge is 0.389 e. The molecular formula is C17H23N3O2. The van der Waals surface area contributed by atoms with Crippen molar-refractivity contribution in [1.82, 2.24) is 14.7 Å². The number of carbonyl (C=O) groups is 1. The highest BCUT2D eigenvalue weighted by Crippen LogP contribution is 2.14. The van der Waals surface area contributed by atoms with Crippen LogP contribution in [0.5, 0.6) is 0 Å². The van der Waals surface area contributed by atoms with Crippen LogP contribution in [0.25, 0.3) is 0 Å². The fraction of sp³-hybridized carbons (Fsp3) is 0.412. The van der Waals surface area contributed by atoms with E-state index in [9.17, 15) is 9.90 Å². The summed E-state index contributed by atoms with van der Waals surface area (Å²) in [6.07, 6.45) is 3.32. The fourth-order valence-corrected chi connectivity index (χ4v) is 2.30. The Kier molecular flexibility index (Phi) is 4.98. The van der Waals surface area contributed by atoms with Crippen molar-refractivity contribution in [2.45, 2.75) is 39.5 Å². The summed E-state index contributed by atoms with van der Waals surface area (Å²) >= 11 is 0. The van der Waals surface area contributed by atoms with Crippen molar-refractivity contribution >= 4 is 5.91 Å². The molecule has 0 aliphatic carbocycles. The molecule has 0 saturated heterocycles. The Bertz CT molecular complexity index is 614. The lowest BCUT2D eigenvalue weighted by molar-refractivity contribution is 0.0280. The quantitative estimate of drug-likeness (QED) is 0.891. The molecule has 5 nitrogen and oxygen atoms in total. The van der Waals surface area contributed by atoms with E-state index < -0.39 is 5.60 Å². The summed E-state index contributed by atoms with van der Waals surface area (Å²) in [4.78, 5) is 14.4. The summed E-state index contributed by atoms with van der Waals surface area (Å²) < 4.78 is 1.72. The van der Waals surface area contributed by atoms with Gasteiger partial charge in [-0.25, -0.2) is 0 Å². The molecule has 22 heavy (non-hydrogen) atoms. The smallest absolute Gasteiger partial charge is 0.257 e. The van der Waals surface area contributed by atoms with Crippen LogP contribution in [0.3, 0.4) is 0 Å². The van der Waals surface area contributed by atoms with Crippen LogP contribution in [-0.4, -0.2) is 37.8 Å². The van der Waals surface area contributed by atoms with E-state index in [1.165, 1.54) is 0 Å². The predicted octanol–water partition coefficient (Wildman–Crippen LogP) is 2.32. The molecule has 0 aliphatic rings. The minimum absolute atomic E-state index is 0.120. The molecule has 0 saturated carbocycles. The van der Waals surface area contributed by atoms with Crippen LogP contribution >= 0.6 is 0 Å². The molecule has 0 atom stereocenters. The first-order valence-electron chi connectivity index (χ1n) is 7.47. The maximum atomic E-state index is 12.7. The number of rotatable bonds is 6. The molecule has 5 heteroatoms. The number of aliphatic hydroxyl groups is 1. The van der Waals surface area contributed by atoms with Crippen LogP contribution in [0.4, 0.5) is 0 Å². The van der Waals surface area contributed by atoms with Gasteiger partial charge in [0.1, 0.15) is 0 Å². The third-order valence-electron chi connectivity index (χ3n) is 3.29. The number of carbonyl (C=O) groups excluding carboxylic acids is 1. The van der Waals surface area contributed by atoms with E-state index in [1.807, 2.05) is 37.3 Å². The maximum absolute atomic E-state index is 12.7. The van der Waals surface area contributed by atoms with E-state index in [2.05, 4.69) is 5.10 Å². The molecule has 1 amide bonds. The minimum Gasteiger partial charge on any atom is -0.389 e. The van der Waals surface area contributed by atoms with Gasteiger partial charge in [-0.3, -0.25) is 9.48 Å². The van der Waals surface area contributed by atoms with Gasteiger partial charge in [-0.2, -0.15) is 5.10 Å². The van der Waals surface area contributed by atoms with Crippen LogP contribution < -0.4 is 0 Å². The van der Waals surface area contributed by atoms with E-state index in [0.29, 0.717) is 12.1 Å². The molecule has 0 radical (unpaired) electrons. The standard InChI is InChI=1S/C17H23N3O2/c1-4-20-12-15(10-18-20)16(21)19(13-17(2,3)22)11-14-8-6-5-7-9-14/h5-10,12,22H,4,11,13H2,1-3H3. The van der Waals surface area contributed by atoms with Gasteiger partial charge in [0, 0.05) is 25.8 Å². The van der Waals surface area contributed by atoms with Gasteiger partial charge in [-0.05, 0) is 26.3 Å². The van der Waals surface area contributed by atoms with E-state index in [-0.39, 0.29) is 12.5 Å². The van der Waals surface area contributed by atoms with Crippen molar-refractivity contribution in [3.8, 4) is 0 Å². The zero-order chi connectivity index (χ0) is 16.2. The number of benzene rings is 1. The average molecular weight is 301 g/mol. The van der Waals surface area contributed by atoms with Crippen LogP contribution in [0, 0.1) is 0 Å². The average Bonchev–Trinajstić information content (AvgIpc) is 2.94. The minimum atomic E-state index is -0.953. The first kappa shape index (κ1) is 16.2. The van der Waals surface area contributed by atoms with E-state index in [0.717, 1.165) is 12.1 Å². The van der Waals surface area contributed by atoms with E-state index in [1.54, 1.807) is 35.8 Å². The second-order valence-corrected chi connectivity index (χ2v) is 6.04. The van der Waals surface area contributed by atoms with Gasteiger partial charge < -0.3 is 10.0 Å². The highest BCUT2D eigenvalue weighted by molar-refractivity contribution is 5.93. The molecule has 0 aliphatic heterocycles. The fourth-order valence-electron chi connectivity index (χ4n) is 2.30. The van der Waals surface area contributed by atoms with Crippen LogP contribution in [0.2, 0.25) is 0 Å². The Morgan fingerprint density at radius 2 is 2.00 bits per heavy atom. The second-order valence-electron chi connectivity index (χ2n) is 6.04. The molecule has 1 aromatic carbocycles. The van der Waals surface area contributed by atoms with Crippen molar-refractivity contribution in [1.29, 1.82) is 0 Å². The Balaban J connectivity index is 2.21. The molecule has 2 rings (SSSR count). The van der Waals surface area contributed by atoms with Gasteiger partial charge in [0.05, 0.1) is 17.4 Å². The summed E-state index contributed by atoms with van der Waals surface area (Å²) in [6, 6.07) is 9.77. The summed E-state index contributed by atoms with van der Waals surface area (Å²) in [5.41, 5.74) is 0.621.